The first-order valence-corrected chi connectivity index (χ1v) is 14.9. The van der Waals surface area contributed by atoms with E-state index in [1.807, 2.05) is 55.6 Å². The second-order valence-electron chi connectivity index (χ2n) is 9.67. The van der Waals surface area contributed by atoms with Crippen molar-refractivity contribution in [3.8, 4) is 0 Å². The molecule has 5 aromatic rings. The molecule has 7 nitrogen and oxygen atoms in total. The number of aromatic nitrogens is 1. The van der Waals surface area contributed by atoms with E-state index in [0.717, 1.165) is 21.5 Å². The zero-order valence-electron chi connectivity index (χ0n) is 23.3. The van der Waals surface area contributed by atoms with Gasteiger partial charge >= 0.3 is 0 Å². The summed E-state index contributed by atoms with van der Waals surface area (Å²) in [6.45, 7) is 1.96. The molecule has 5 rings (SSSR count). The van der Waals surface area contributed by atoms with Gasteiger partial charge in [-0.25, -0.2) is 0 Å². The molecule has 0 aliphatic rings. The summed E-state index contributed by atoms with van der Waals surface area (Å²) in [5.74, 6) is -1.05. The Labute approximate surface area is 258 Å². The number of hydrogen-bond acceptors (Lipinski definition) is 4. The van der Waals surface area contributed by atoms with Crippen molar-refractivity contribution in [3.63, 3.8) is 0 Å². The van der Waals surface area contributed by atoms with E-state index >= 15 is 0 Å². The van der Waals surface area contributed by atoms with E-state index in [1.165, 1.54) is 11.8 Å². The van der Waals surface area contributed by atoms with Crippen molar-refractivity contribution in [3.05, 3.63) is 131 Å². The van der Waals surface area contributed by atoms with Gasteiger partial charge in [-0.15, -0.1) is 11.8 Å². The van der Waals surface area contributed by atoms with Crippen molar-refractivity contribution < 1.29 is 14.4 Å². The van der Waals surface area contributed by atoms with Crippen LogP contribution in [0.5, 0.6) is 0 Å². The van der Waals surface area contributed by atoms with Crippen LogP contribution in [0.25, 0.3) is 17.0 Å². The highest BCUT2D eigenvalue weighted by Gasteiger charge is 2.20. The number of hydrogen-bond donors (Lipinski definition) is 4. The van der Waals surface area contributed by atoms with Crippen LogP contribution in [0.3, 0.4) is 0 Å². The molecule has 0 bridgehead atoms. The molecule has 1 heterocycles. The molecule has 4 aromatic carbocycles. The van der Waals surface area contributed by atoms with Gasteiger partial charge in [-0.2, -0.15) is 0 Å². The molecular formula is C34H29ClN4O3S. The average Bonchev–Trinajstić information content (AvgIpc) is 3.49. The Kier molecular flexibility index (Phi) is 9.61. The van der Waals surface area contributed by atoms with Crippen LogP contribution in [0, 0.1) is 0 Å². The van der Waals surface area contributed by atoms with E-state index in [0.29, 0.717) is 28.3 Å². The van der Waals surface area contributed by atoms with Crippen molar-refractivity contribution in [1.29, 1.82) is 0 Å². The normalized spacial score (nSPS) is 12.0. The standard InChI is InChI=1S/C34H29ClN4O3S/c1-2-31(34(42)38-26-16-15-22-17-18-36-29(22)21-26)43-27-13-8-12-25(20-27)37-33(41)30(19-24-11-6-7-14-28(24)35)39-32(40)23-9-4-3-5-10-23/h3-21,31,36H,2H2,1H3,(H,37,41)(H,38,42)(H,39,40)/b30-19+. The Morgan fingerprint density at radius 1 is 0.860 bits per heavy atom. The maximum Gasteiger partial charge on any atom is 0.272 e. The Hall–Kier alpha value is -4.79. The lowest BCUT2D eigenvalue weighted by atomic mass is 10.1. The first-order chi connectivity index (χ1) is 20.9. The van der Waals surface area contributed by atoms with Crippen LogP contribution in [0.15, 0.2) is 120 Å². The van der Waals surface area contributed by atoms with E-state index in [1.54, 1.807) is 66.7 Å². The Morgan fingerprint density at radius 2 is 1.63 bits per heavy atom. The molecule has 9 heteroatoms. The third-order valence-corrected chi connectivity index (χ3v) is 8.29. The van der Waals surface area contributed by atoms with Gasteiger partial charge in [0, 0.05) is 38.6 Å². The van der Waals surface area contributed by atoms with Gasteiger partial charge in [-0.1, -0.05) is 67.1 Å². The fraction of sp³-hybridized carbons (Fsp3) is 0.0882. The Balaban J connectivity index is 1.30. The van der Waals surface area contributed by atoms with Crippen LogP contribution in [0.2, 0.25) is 5.02 Å². The fourth-order valence-electron chi connectivity index (χ4n) is 4.37. The number of amides is 3. The number of fused-ring (bicyclic) bond motifs is 1. The summed E-state index contributed by atoms with van der Waals surface area (Å²) in [4.78, 5) is 43.5. The summed E-state index contributed by atoms with van der Waals surface area (Å²) < 4.78 is 0. The van der Waals surface area contributed by atoms with Crippen LogP contribution < -0.4 is 16.0 Å². The van der Waals surface area contributed by atoms with Crippen molar-refractivity contribution in [1.82, 2.24) is 10.3 Å². The second-order valence-corrected chi connectivity index (χ2v) is 11.3. The van der Waals surface area contributed by atoms with Gasteiger partial charge in [0.15, 0.2) is 0 Å². The van der Waals surface area contributed by atoms with Crippen LogP contribution in [0.1, 0.15) is 29.3 Å². The number of carbonyl (C=O) groups excluding carboxylic acids is 3. The summed E-state index contributed by atoms with van der Waals surface area (Å²) >= 11 is 7.75. The van der Waals surface area contributed by atoms with Crippen molar-refractivity contribution in [2.45, 2.75) is 23.5 Å². The quantitative estimate of drug-likeness (QED) is 0.0961. The van der Waals surface area contributed by atoms with Crippen molar-refractivity contribution in [2.75, 3.05) is 10.6 Å². The van der Waals surface area contributed by atoms with E-state index < -0.39 is 11.8 Å². The minimum absolute atomic E-state index is 0.0323. The predicted octanol–water partition coefficient (Wildman–Crippen LogP) is 7.74. The maximum atomic E-state index is 13.5. The average molecular weight is 609 g/mol. The van der Waals surface area contributed by atoms with Gasteiger partial charge in [0.2, 0.25) is 5.91 Å². The molecule has 1 aromatic heterocycles. The topological polar surface area (TPSA) is 103 Å². The van der Waals surface area contributed by atoms with Crippen LogP contribution in [-0.2, 0) is 9.59 Å². The highest BCUT2D eigenvalue weighted by molar-refractivity contribution is 8.00. The zero-order chi connectivity index (χ0) is 30.2. The molecule has 1 atom stereocenters. The predicted molar refractivity (Wildman–Crippen MR) is 175 cm³/mol. The lowest BCUT2D eigenvalue weighted by molar-refractivity contribution is -0.116. The number of carbonyl (C=O) groups is 3. The van der Waals surface area contributed by atoms with Gasteiger partial charge in [0.1, 0.15) is 5.70 Å². The van der Waals surface area contributed by atoms with Gasteiger partial charge in [-0.3, -0.25) is 14.4 Å². The molecule has 0 fully saturated rings. The smallest absolute Gasteiger partial charge is 0.272 e. The van der Waals surface area contributed by atoms with Gasteiger partial charge in [-0.05, 0) is 78.0 Å². The minimum atomic E-state index is -0.518. The number of H-pyrrole nitrogens is 1. The summed E-state index contributed by atoms with van der Waals surface area (Å²) in [5.41, 5.74) is 3.21. The molecule has 0 radical (unpaired) electrons. The van der Waals surface area contributed by atoms with Gasteiger partial charge < -0.3 is 20.9 Å². The molecular weight excluding hydrogens is 580 g/mol. The maximum absolute atomic E-state index is 13.5. The number of halogens is 1. The van der Waals surface area contributed by atoms with Crippen molar-refractivity contribution >= 4 is 69.4 Å². The van der Waals surface area contributed by atoms with E-state index in [2.05, 4.69) is 20.9 Å². The third kappa shape index (κ3) is 7.74. The minimum Gasteiger partial charge on any atom is -0.361 e. The Morgan fingerprint density at radius 3 is 2.42 bits per heavy atom. The summed E-state index contributed by atoms with van der Waals surface area (Å²) in [6, 6.07) is 30.7. The van der Waals surface area contributed by atoms with Gasteiger partial charge in [0.25, 0.3) is 11.8 Å². The summed E-state index contributed by atoms with van der Waals surface area (Å²) in [7, 11) is 0. The molecule has 216 valence electrons. The van der Waals surface area contributed by atoms with Gasteiger partial charge in [0.05, 0.1) is 5.25 Å². The molecule has 0 saturated carbocycles. The number of nitrogens with one attached hydrogen (secondary N) is 4. The SMILES string of the molecule is CCC(Sc1cccc(NC(=O)/C(=C\c2ccccc2Cl)NC(=O)c2ccccc2)c1)C(=O)Nc1ccc2cc[nH]c2c1. The molecule has 3 amide bonds. The molecule has 43 heavy (non-hydrogen) atoms. The van der Waals surface area contributed by atoms with E-state index in [-0.39, 0.29) is 16.9 Å². The Bertz CT molecular complexity index is 1800. The number of thioether (sulfide) groups is 1. The number of benzene rings is 4. The highest BCUT2D eigenvalue weighted by atomic mass is 35.5. The molecule has 4 N–H and O–H groups in total. The monoisotopic (exact) mass is 608 g/mol. The first-order valence-electron chi connectivity index (χ1n) is 13.7. The summed E-state index contributed by atoms with van der Waals surface area (Å²) in [6.07, 6.45) is 4.01. The first kappa shape index (κ1) is 29.7. The summed E-state index contributed by atoms with van der Waals surface area (Å²) in [5, 5.41) is 9.76. The largest absolute Gasteiger partial charge is 0.361 e. The van der Waals surface area contributed by atoms with Crippen LogP contribution in [-0.4, -0.2) is 28.0 Å². The molecule has 0 spiro atoms. The second kappa shape index (κ2) is 13.9. The third-order valence-electron chi connectivity index (χ3n) is 6.59. The number of rotatable bonds is 10. The van der Waals surface area contributed by atoms with Crippen LogP contribution in [0.4, 0.5) is 11.4 Å². The molecule has 0 aliphatic heterocycles. The van der Waals surface area contributed by atoms with E-state index in [4.69, 9.17) is 11.6 Å². The molecule has 0 saturated heterocycles. The fourth-order valence-corrected chi connectivity index (χ4v) is 5.57. The molecule has 1 unspecified atom stereocenters. The molecule has 0 aliphatic carbocycles. The van der Waals surface area contributed by atoms with Crippen molar-refractivity contribution in [2.24, 2.45) is 0 Å². The van der Waals surface area contributed by atoms with E-state index in [9.17, 15) is 14.4 Å². The number of anilines is 2. The highest BCUT2D eigenvalue weighted by Crippen LogP contribution is 2.29. The van der Waals surface area contributed by atoms with Crippen LogP contribution >= 0.6 is 23.4 Å². The zero-order valence-corrected chi connectivity index (χ0v) is 24.8. The number of aromatic amines is 1. The lowest BCUT2D eigenvalue weighted by Crippen LogP contribution is -2.30. The lowest BCUT2D eigenvalue weighted by Gasteiger charge is -2.16.